The summed E-state index contributed by atoms with van der Waals surface area (Å²) in [5.41, 5.74) is 3.04. The van der Waals surface area contributed by atoms with E-state index in [-0.39, 0.29) is 0 Å². The van der Waals surface area contributed by atoms with E-state index in [1.54, 1.807) is 0 Å². The largest absolute Gasteiger partial charge is 0.384 e. The van der Waals surface area contributed by atoms with Crippen molar-refractivity contribution >= 4 is 5.69 Å². The zero-order valence-corrected chi connectivity index (χ0v) is 14.3. The summed E-state index contributed by atoms with van der Waals surface area (Å²) in [6.07, 6.45) is 4.10. The zero-order valence-electron chi connectivity index (χ0n) is 14.3. The van der Waals surface area contributed by atoms with E-state index in [1.807, 2.05) is 0 Å². The Bertz CT molecular complexity index is 433. The Morgan fingerprint density at radius 1 is 1.19 bits per heavy atom. The monoisotopic (exact) mass is 288 g/mol. The first-order valence-electron chi connectivity index (χ1n) is 8.48. The van der Waals surface area contributed by atoms with Gasteiger partial charge < -0.3 is 10.2 Å². The molecule has 2 heteroatoms. The topological polar surface area (TPSA) is 15.3 Å². The predicted molar refractivity (Wildman–Crippen MR) is 92.9 cm³/mol. The molecular formula is C19H32N2. The molecule has 1 fully saturated rings. The van der Waals surface area contributed by atoms with Crippen molar-refractivity contribution in [2.45, 2.75) is 47.0 Å². The van der Waals surface area contributed by atoms with E-state index < -0.39 is 0 Å². The minimum Gasteiger partial charge on any atom is -0.384 e. The smallest absolute Gasteiger partial charge is 0.0343 e. The van der Waals surface area contributed by atoms with Crippen LogP contribution in [-0.2, 0) is 0 Å². The van der Waals surface area contributed by atoms with Gasteiger partial charge in [0.2, 0.25) is 0 Å². The van der Waals surface area contributed by atoms with E-state index in [2.05, 4.69) is 62.2 Å². The fraction of sp³-hybridized carbons (Fsp3) is 0.684. The number of nitrogens with one attached hydrogen (secondary N) is 1. The quantitative estimate of drug-likeness (QED) is 0.874. The van der Waals surface area contributed by atoms with Crippen LogP contribution in [0.3, 0.4) is 0 Å². The molecule has 1 atom stereocenters. The summed E-state index contributed by atoms with van der Waals surface area (Å²) < 4.78 is 0. The van der Waals surface area contributed by atoms with Crippen LogP contribution in [0.2, 0.25) is 0 Å². The average Bonchev–Trinajstić information content (AvgIpc) is 2.64. The van der Waals surface area contributed by atoms with E-state index in [9.17, 15) is 0 Å². The zero-order chi connectivity index (χ0) is 15.3. The maximum absolute atomic E-state index is 3.55. The third-order valence-corrected chi connectivity index (χ3v) is 4.82. The Labute approximate surface area is 130 Å². The van der Waals surface area contributed by atoms with Crippen LogP contribution < -0.4 is 5.32 Å². The molecule has 1 unspecified atom stereocenters. The molecule has 2 nitrogen and oxygen atoms in total. The van der Waals surface area contributed by atoms with Crippen LogP contribution in [-0.4, -0.2) is 31.1 Å². The molecule has 1 aliphatic rings. The second-order valence-corrected chi connectivity index (χ2v) is 7.63. The second kappa shape index (κ2) is 7.31. The van der Waals surface area contributed by atoms with E-state index in [4.69, 9.17) is 0 Å². The normalized spacial score (nSPS) is 21.0. The van der Waals surface area contributed by atoms with Crippen molar-refractivity contribution in [3.8, 4) is 0 Å². The lowest BCUT2D eigenvalue weighted by Crippen LogP contribution is -2.30. The highest BCUT2D eigenvalue weighted by Gasteiger charge is 2.26. The highest BCUT2D eigenvalue weighted by Crippen LogP contribution is 2.34. The third kappa shape index (κ3) is 5.35. The standard InChI is InChI=1S/C19H32N2/c1-16-7-5-9-18(15-16)20-11-14-21-12-6-8-17(10-13-21)19(2,3)4/h5,7,9,15,17,20H,6,8,10-14H2,1-4H3. The van der Waals surface area contributed by atoms with Gasteiger partial charge in [0.25, 0.3) is 0 Å². The lowest BCUT2D eigenvalue weighted by atomic mass is 9.77. The summed E-state index contributed by atoms with van der Waals surface area (Å²) in [7, 11) is 0. The number of anilines is 1. The Balaban J connectivity index is 1.74. The summed E-state index contributed by atoms with van der Waals surface area (Å²) >= 11 is 0. The van der Waals surface area contributed by atoms with Crippen LogP contribution in [0.15, 0.2) is 24.3 Å². The van der Waals surface area contributed by atoms with Gasteiger partial charge in [-0.2, -0.15) is 0 Å². The van der Waals surface area contributed by atoms with Crippen molar-refractivity contribution in [1.82, 2.24) is 4.90 Å². The molecule has 1 N–H and O–H groups in total. The van der Waals surface area contributed by atoms with E-state index in [0.29, 0.717) is 5.41 Å². The molecule has 0 bridgehead atoms. The number of benzene rings is 1. The number of hydrogen-bond donors (Lipinski definition) is 1. The van der Waals surface area contributed by atoms with Gasteiger partial charge in [0.05, 0.1) is 0 Å². The van der Waals surface area contributed by atoms with E-state index >= 15 is 0 Å². The lowest BCUT2D eigenvalue weighted by Gasteiger charge is -2.29. The Kier molecular flexibility index (Phi) is 5.69. The van der Waals surface area contributed by atoms with Gasteiger partial charge >= 0.3 is 0 Å². The lowest BCUT2D eigenvalue weighted by molar-refractivity contribution is 0.209. The molecule has 1 aliphatic heterocycles. The fourth-order valence-corrected chi connectivity index (χ4v) is 3.36. The average molecular weight is 288 g/mol. The Hall–Kier alpha value is -1.02. The van der Waals surface area contributed by atoms with Crippen LogP contribution in [0, 0.1) is 18.3 Å². The molecule has 1 heterocycles. The van der Waals surface area contributed by atoms with Crippen molar-refractivity contribution in [3.05, 3.63) is 29.8 Å². The summed E-state index contributed by atoms with van der Waals surface area (Å²) in [6, 6.07) is 8.65. The van der Waals surface area contributed by atoms with Gasteiger partial charge in [0.1, 0.15) is 0 Å². The molecule has 0 aliphatic carbocycles. The summed E-state index contributed by atoms with van der Waals surface area (Å²) in [5.74, 6) is 0.882. The number of rotatable bonds is 4. The van der Waals surface area contributed by atoms with Gasteiger partial charge in [-0.1, -0.05) is 32.9 Å². The van der Waals surface area contributed by atoms with Gasteiger partial charge in [-0.05, 0) is 68.3 Å². The number of likely N-dealkylation sites (tertiary alicyclic amines) is 1. The molecule has 1 saturated heterocycles. The maximum atomic E-state index is 3.55. The first-order chi connectivity index (χ1) is 9.95. The van der Waals surface area contributed by atoms with Gasteiger partial charge in [-0.3, -0.25) is 0 Å². The van der Waals surface area contributed by atoms with Gasteiger partial charge in [0.15, 0.2) is 0 Å². The number of aryl methyl sites for hydroxylation is 1. The SMILES string of the molecule is Cc1cccc(NCCN2CCCC(C(C)(C)C)CC2)c1. The number of hydrogen-bond acceptors (Lipinski definition) is 2. The van der Waals surface area contributed by atoms with Crippen LogP contribution in [0.1, 0.15) is 45.6 Å². The van der Waals surface area contributed by atoms with Gasteiger partial charge in [-0.25, -0.2) is 0 Å². The van der Waals surface area contributed by atoms with Gasteiger partial charge in [0, 0.05) is 18.8 Å². The molecule has 0 radical (unpaired) electrons. The highest BCUT2D eigenvalue weighted by atomic mass is 15.1. The fourth-order valence-electron chi connectivity index (χ4n) is 3.36. The van der Waals surface area contributed by atoms with E-state index in [0.717, 1.165) is 19.0 Å². The summed E-state index contributed by atoms with van der Waals surface area (Å²) in [4.78, 5) is 2.63. The van der Waals surface area contributed by atoms with Crippen molar-refractivity contribution in [3.63, 3.8) is 0 Å². The predicted octanol–water partition coefficient (Wildman–Crippen LogP) is 4.56. The molecule has 0 saturated carbocycles. The molecule has 0 spiro atoms. The van der Waals surface area contributed by atoms with Crippen LogP contribution in [0.4, 0.5) is 5.69 Å². The van der Waals surface area contributed by atoms with Crippen molar-refractivity contribution in [2.24, 2.45) is 11.3 Å². The van der Waals surface area contributed by atoms with Crippen LogP contribution >= 0.6 is 0 Å². The Morgan fingerprint density at radius 3 is 2.71 bits per heavy atom. The second-order valence-electron chi connectivity index (χ2n) is 7.63. The van der Waals surface area contributed by atoms with Crippen LogP contribution in [0.25, 0.3) is 0 Å². The summed E-state index contributed by atoms with van der Waals surface area (Å²) in [6.45, 7) is 14.1. The first-order valence-corrected chi connectivity index (χ1v) is 8.48. The Morgan fingerprint density at radius 2 is 2.00 bits per heavy atom. The maximum Gasteiger partial charge on any atom is 0.0343 e. The molecule has 1 aromatic rings. The molecule has 1 aromatic carbocycles. The number of nitrogens with zero attached hydrogens (tertiary/aromatic N) is 1. The van der Waals surface area contributed by atoms with Gasteiger partial charge in [-0.15, -0.1) is 0 Å². The molecule has 21 heavy (non-hydrogen) atoms. The minimum absolute atomic E-state index is 0.468. The molecule has 0 amide bonds. The minimum atomic E-state index is 0.468. The van der Waals surface area contributed by atoms with Crippen molar-refractivity contribution < 1.29 is 0 Å². The first kappa shape index (κ1) is 16.4. The van der Waals surface area contributed by atoms with Crippen molar-refractivity contribution in [2.75, 3.05) is 31.5 Å². The highest BCUT2D eigenvalue weighted by molar-refractivity contribution is 5.45. The molecule has 118 valence electrons. The van der Waals surface area contributed by atoms with Crippen molar-refractivity contribution in [1.29, 1.82) is 0 Å². The summed E-state index contributed by atoms with van der Waals surface area (Å²) in [5, 5.41) is 3.55. The molecule has 2 rings (SSSR count). The van der Waals surface area contributed by atoms with Crippen LogP contribution in [0.5, 0.6) is 0 Å². The molecular weight excluding hydrogens is 256 g/mol. The molecule has 0 aromatic heterocycles. The third-order valence-electron chi connectivity index (χ3n) is 4.82. The van der Waals surface area contributed by atoms with E-state index in [1.165, 1.54) is 43.6 Å².